The lowest BCUT2D eigenvalue weighted by Gasteiger charge is -2.05. The molecule has 2 aromatic rings. The minimum atomic E-state index is -0.308. The van der Waals surface area contributed by atoms with Crippen LogP contribution >= 0.6 is 15.9 Å². The van der Waals surface area contributed by atoms with Crippen LogP contribution in [0.3, 0.4) is 0 Å². The Bertz CT molecular complexity index is 711. The number of terminal acetylenes is 1. The van der Waals surface area contributed by atoms with Crippen molar-refractivity contribution in [2.75, 3.05) is 5.73 Å². The zero-order chi connectivity index (χ0) is 14.3. The van der Waals surface area contributed by atoms with Gasteiger partial charge in [0.05, 0.1) is 11.0 Å². The summed E-state index contributed by atoms with van der Waals surface area (Å²) in [5.74, 6) is 4.23. The summed E-state index contributed by atoms with van der Waals surface area (Å²) in [7, 11) is 0. The Labute approximate surface area is 125 Å². The van der Waals surface area contributed by atoms with Gasteiger partial charge in [0, 0.05) is 11.5 Å². The van der Waals surface area contributed by atoms with Gasteiger partial charge in [-0.05, 0) is 47.0 Å². The predicted octanol–water partition coefficient (Wildman–Crippen LogP) is 3.54. The summed E-state index contributed by atoms with van der Waals surface area (Å²) in [5.41, 5.74) is 7.63. The molecule has 0 aliphatic heterocycles. The molecule has 1 aromatic heterocycles. The van der Waals surface area contributed by atoms with Gasteiger partial charge in [-0.25, -0.2) is 9.37 Å². The van der Waals surface area contributed by atoms with Crippen LogP contribution in [0, 0.1) is 18.2 Å². The Morgan fingerprint density at radius 2 is 2.25 bits per heavy atom. The molecule has 0 spiro atoms. The minimum Gasteiger partial charge on any atom is -0.383 e. The summed E-state index contributed by atoms with van der Waals surface area (Å²) in [6.07, 6.45) is 7.64. The van der Waals surface area contributed by atoms with Gasteiger partial charge in [-0.2, -0.15) is 0 Å². The highest BCUT2D eigenvalue weighted by Gasteiger charge is 2.30. The number of hydrogen-bond acceptors (Lipinski definition) is 2. The Kier molecular flexibility index (Phi) is 3.27. The van der Waals surface area contributed by atoms with Crippen LogP contribution in [0.1, 0.15) is 24.6 Å². The van der Waals surface area contributed by atoms with Gasteiger partial charge in [0.25, 0.3) is 0 Å². The summed E-state index contributed by atoms with van der Waals surface area (Å²) in [6, 6.07) is 4.76. The average Bonchev–Trinajstić information content (AvgIpc) is 3.21. The lowest BCUT2D eigenvalue weighted by molar-refractivity contribution is 0.621. The van der Waals surface area contributed by atoms with E-state index in [1.54, 1.807) is 12.1 Å². The van der Waals surface area contributed by atoms with Gasteiger partial charge < -0.3 is 10.3 Å². The Hall–Kier alpha value is -1.80. The number of nitrogens with two attached hydrogens (primary N) is 1. The monoisotopic (exact) mass is 333 g/mol. The largest absolute Gasteiger partial charge is 0.383 e. The minimum absolute atomic E-state index is 0.308. The number of anilines is 1. The first kappa shape index (κ1) is 13.2. The van der Waals surface area contributed by atoms with Crippen molar-refractivity contribution >= 4 is 21.7 Å². The van der Waals surface area contributed by atoms with E-state index in [9.17, 15) is 4.39 Å². The van der Waals surface area contributed by atoms with Gasteiger partial charge in [-0.15, -0.1) is 6.42 Å². The highest BCUT2D eigenvalue weighted by molar-refractivity contribution is 9.10. The van der Waals surface area contributed by atoms with Crippen LogP contribution in [0.2, 0.25) is 0 Å². The first-order valence-corrected chi connectivity index (χ1v) is 7.16. The summed E-state index contributed by atoms with van der Waals surface area (Å²) >= 11 is 3.18. The number of aromatic nitrogens is 2. The number of rotatable bonds is 3. The van der Waals surface area contributed by atoms with Crippen LogP contribution in [0.4, 0.5) is 10.2 Å². The fourth-order valence-electron chi connectivity index (χ4n) is 2.25. The highest BCUT2D eigenvalue weighted by Crippen LogP contribution is 2.42. The van der Waals surface area contributed by atoms with E-state index in [4.69, 9.17) is 12.2 Å². The second-order valence-electron chi connectivity index (χ2n) is 4.90. The van der Waals surface area contributed by atoms with Crippen molar-refractivity contribution in [3.05, 3.63) is 34.3 Å². The van der Waals surface area contributed by atoms with E-state index < -0.39 is 0 Å². The topological polar surface area (TPSA) is 43.8 Å². The molecule has 1 aliphatic rings. The average molecular weight is 334 g/mol. The molecule has 0 amide bonds. The number of nitrogens with zero attached hydrogens (tertiary/aromatic N) is 2. The maximum atomic E-state index is 13.3. The SMILES string of the molecule is C#CCn1c(C2CC2)nc(-c2ccc(F)c(Br)c2)c1N. The standard InChI is InChI=1S/C15H13BrFN3/c1-2-7-20-14(18)13(19-15(20)9-3-4-9)10-5-6-12(17)11(16)8-10/h1,5-6,8-9H,3-4,7,18H2. The smallest absolute Gasteiger partial charge is 0.137 e. The van der Waals surface area contributed by atoms with E-state index in [1.165, 1.54) is 6.07 Å². The first-order valence-electron chi connectivity index (χ1n) is 6.36. The van der Waals surface area contributed by atoms with Crippen molar-refractivity contribution in [1.29, 1.82) is 0 Å². The van der Waals surface area contributed by atoms with E-state index in [1.807, 2.05) is 4.57 Å². The molecular weight excluding hydrogens is 321 g/mol. The fourth-order valence-corrected chi connectivity index (χ4v) is 2.63. The molecule has 102 valence electrons. The third kappa shape index (κ3) is 2.20. The van der Waals surface area contributed by atoms with Crippen molar-refractivity contribution in [3.63, 3.8) is 0 Å². The molecule has 0 atom stereocenters. The molecule has 0 bridgehead atoms. The molecule has 1 heterocycles. The van der Waals surface area contributed by atoms with Gasteiger partial charge in [-0.1, -0.05) is 5.92 Å². The number of nitrogen functional groups attached to an aromatic ring is 1. The van der Waals surface area contributed by atoms with E-state index in [0.29, 0.717) is 28.4 Å². The van der Waals surface area contributed by atoms with Crippen LogP contribution in [0.5, 0.6) is 0 Å². The molecule has 2 N–H and O–H groups in total. The van der Waals surface area contributed by atoms with Crippen LogP contribution in [0.15, 0.2) is 22.7 Å². The zero-order valence-corrected chi connectivity index (χ0v) is 12.3. The summed E-state index contributed by atoms with van der Waals surface area (Å²) < 4.78 is 15.6. The van der Waals surface area contributed by atoms with Gasteiger partial charge in [-0.3, -0.25) is 0 Å². The summed E-state index contributed by atoms with van der Waals surface area (Å²) in [6.45, 7) is 0.410. The molecule has 5 heteroatoms. The molecule has 1 aromatic carbocycles. The summed E-state index contributed by atoms with van der Waals surface area (Å²) in [5, 5.41) is 0. The van der Waals surface area contributed by atoms with Gasteiger partial charge in [0.2, 0.25) is 0 Å². The number of halogens is 2. The van der Waals surface area contributed by atoms with E-state index in [0.717, 1.165) is 24.2 Å². The lowest BCUT2D eigenvalue weighted by Crippen LogP contribution is -2.05. The summed E-state index contributed by atoms with van der Waals surface area (Å²) in [4.78, 5) is 4.63. The molecule has 1 fully saturated rings. The molecule has 1 saturated carbocycles. The van der Waals surface area contributed by atoms with E-state index in [2.05, 4.69) is 26.8 Å². The second-order valence-corrected chi connectivity index (χ2v) is 5.75. The Morgan fingerprint density at radius 1 is 1.50 bits per heavy atom. The Balaban J connectivity index is 2.11. The third-order valence-corrected chi connectivity index (χ3v) is 4.03. The predicted molar refractivity (Wildman–Crippen MR) is 80.5 cm³/mol. The first-order chi connectivity index (χ1) is 9.61. The third-order valence-electron chi connectivity index (χ3n) is 3.42. The van der Waals surface area contributed by atoms with Crippen molar-refractivity contribution in [1.82, 2.24) is 9.55 Å². The maximum absolute atomic E-state index is 13.3. The molecule has 0 radical (unpaired) electrons. The van der Waals surface area contributed by atoms with E-state index >= 15 is 0 Å². The van der Waals surface area contributed by atoms with Crippen LogP contribution in [-0.4, -0.2) is 9.55 Å². The second kappa shape index (κ2) is 4.95. The molecule has 3 rings (SSSR count). The Morgan fingerprint density at radius 3 is 2.85 bits per heavy atom. The van der Waals surface area contributed by atoms with Crippen molar-refractivity contribution in [2.24, 2.45) is 0 Å². The van der Waals surface area contributed by atoms with Gasteiger partial charge >= 0.3 is 0 Å². The fraction of sp³-hybridized carbons (Fsp3) is 0.267. The zero-order valence-electron chi connectivity index (χ0n) is 10.7. The van der Waals surface area contributed by atoms with Crippen molar-refractivity contribution in [3.8, 4) is 23.6 Å². The van der Waals surface area contributed by atoms with Gasteiger partial charge in [0.15, 0.2) is 0 Å². The van der Waals surface area contributed by atoms with Crippen LogP contribution in [0.25, 0.3) is 11.3 Å². The molecule has 0 saturated heterocycles. The van der Waals surface area contributed by atoms with Crippen molar-refractivity contribution in [2.45, 2.75) is 25.3 Å². The quantitative estimate of drug-likeness (QED) is 0.873. The van der Waals surface area contributed by atoms with Crippen molar-refractivity contribution < 1.29 is 4.39 Å². The normalized spacial score (nSPS) is 14.2. The number of benzene rings is 1. The number of hydrogen-bond donors (Lipinski definition) is 1. The van der Waals surface area contributed by atoms with Crippen LogP contribution in [-0.2, 0) is 6.54 Å². The lowest BCUT2D eigenvalue weighted by atomic mass is 10.1. The van der Waals surface area contributed by atoms with Gasteiger partial charge in [0.1, 0.15) is 23.2 Å². The van der Waals surface area contributed by atoms with Crippen LogP contribution < -0.4 is 5.73 Å². The number of imidazole rings is 1. The molecule has 3 nitrogen and oxygen atoms in total. The maximum Gasteiger partial charge on any atom is 0.137 e. The molecule has 1 aliphatic carbocycles. The highest BCUT2D eigenvalue weighted by atomic mass is 79.9. The molecule has 20 heavy (non-hydrogen) atoms. The molecule has 0 unspecified atom stereocenters. The van der Waals surface area contributed by atoms with E-state index in [-0.39, 0.29) is 5.82 Å². The molecular formula is C15H13BrFN3.